The number of alkyl carbamates (subject to hydrolysis) is 1. The Hall–Kier alpha value is -2.10. The zero-order valence-corrected chi connectivity index (χ0v) is 16.2. The van der Waals surface area contributed by atoms with Gasteiger partial charge in [0, 0.05) is 24.9 Å². The number of benzene rings is 1. The van der Waals surface area contributed by atoms with Gasteiger partial charge in [0.1, 0.15) is 5.60 Å². The zero-order valence-electron chi connectivity index (χ0n) is 16.2. The molecule has 1 N–H and O–H groups in total. The summed E-state index contributed by atoms with van der Waals surface area (Å²) in [4.78, 5) is 16.2. The molecule has 0 spiro atoms. The molecule has 0 saturated carbocycles. The summed E-state index contributed by atoms with van der Waals surface area (Å²) in [6.07, 6.45) is 8.54. The van der Waals surface area contributed by atoms with Gasteiger partial charge in [0.2, 0.25) is 0 Å². The highest BCUT2D eigenvalue weighted by Gasteiger charge is 2.16. The molecule has 138 valence electrons. The van der Waals surface area contributed by atoms with Gasteiger partial charge in [-0.15, -0.1) is 0 Å². The lowest BCUT2D eigenvalue weighted by Gasteiger charge is -2.20. The molecule has 0 fully saturated rings. The summed E-state index contributed by atoms with van der Waals surface area (Å²) in [5.41, 5.74) is 1.89. The first-order chi connectivity index (χ1) is 11.8. The molecule has 0 aliphatic heterocycles. The van der Waals surface area contributed by atoms with Crippen molar-refractivity contribution in [3.8, 4) is 0 Å². The van der Waals surface area contributed by atoms with Crippen LogP contribution in [0.2, 0.25) is 0 Å². The molecule has 0 heterocycles. The van der Waals surface area contributed by atoms with Gasteiger partial charge in [-0.2, -0.15) is 0 Å². The summed E-state index contributed by atoms with van der Waals surface area (Å²) in [5, 5.41) is 2.84. The number of aryl methyl sites for hydroxylation is 1. The van der Waals surface area contributed by atoms with Gasteiger partial charge in [-0.25, -0.2) is 4.79 Å². The molecule has 0 radical (unpaired) electrons. The van der Waals surface area contributed by atoms with Gasteiger partial charge < -0.3 is 10.1 Å². The molecule has 0 bridgehead atoms. The van der Waals surface area contributed by atoms with Crippen molar-refractivity contribution in [1.29, 1.82) is 0 Å². The lowest BCUT2D eigenvalue weighted by atomic mass is 10.0. The van der Waals surface area contributed by atoms with Crippen molar-refractivity contribution in [1.82, 2.24) is 5.32 Å². The summed E-state index contributed by atoms with van der Waals surface area (Å²) in [7, 11) is 0. The van der Waals surface area contributed by atoms with Crippen LogP contribution in [0.15, 0.2) is 35.5 Å². The highest BCUT2D eigenvalue weighted by molar-refractivity contribution is 5.69. The quantitative estimate of drug-likeness (QED) is 0.645. The summed E-state index contributed by atoms with van der Waals surface area (Å²) in [5.74, 6) is 0.204. The summed E-state index contributed by atoms with van der Waals surface area (Å²) < 4.78 is 5.28. The second-order valence-corrected chi connectivity index (χ2v) is 7.31. The van der Waals surface area contributed by atoms with Crippen molar-refractivity contribution >= 4 is 18.4 Å². The monoisotopic (exact) mass is 344 g/mol. The number of amides is 1. The number of rotatable bonds is 8. The van der Waals surface area contributed by atoms with Crippen LogP contribution in [-0.4, -0.2) is 24.5 Å². The van der Waals surface area contributed by atoms with Crippen LogP contribution in [0.5, 0.6) is 0 Å². The van der Waals surface area contributed by atoms with Crippen molar-refractivity contribution in [3.05, 3.63) is 41.6 Å². The summed E-state index contributed by atoms with van der Waals surface area (Å²) in [6, 6.07) is 8.30. The molecule has 1 unspecified atom stereocenters. The van der Waals surface area contributed by atoms with E-state index < -0.39 is 5.60 Å². The van der Waals surface area contributed by atoms with Crippen molar-refractivity contribution in [3.63, 3.8) is 0 Å². The molecule has 1 aromatic carbocycles. The third-order valence-corrected chi connectivity index (χ3v) is 3.56. The molecular formula is C21H32N2O2. The maximum absolute atomic E-state index is 11.8. The van der Waals surface area contributed by atoms with E-state index in [-0.39, 0.29) is 12.0 Å². The molecule has 0 aromatic heterocycles. The SMILES string of the molecule is CCCCC(C=N/C=C/c1ccc(C)cc1)CNC(=O)OC(C)(C)C. The molecule has 0 aliphatic rings. The van der Waals surface area contributed by atoms with Gasteiger partial charge in [-0.3, -0.25) is 4.99 Å². The lowest BCUT2D eigenvalue weighted by molar-refractivity contribution is 0.0523. The van der Waals surface area contributed by atoms with Crippen LogP contribution in [-0.2, 0) is 4.74 Å². The number of carbonyl (C=O) groups excluding carboxylic acids is 1. The van der Waals surface area contributed by atoms with Gasteiger partial charge in [0.05, 0.1) is 0 Å². The Labute approximate surface area is 152 Å². The van der Waals surface area contributed by atoms with E-state index in [1.165, 1.54) is 5.56 Å². The normalized spacial score (nSPS) is 13.3. The van der Waals surface area contributed by atoms with Crippen LogP contribution in [0.4, 0.5) is 4.79 Å². The molecule has 25 heavy (non-hydrogen) atoms. The minimum Gasteiger partial charge on any atom is -0.444 e. The van der Waals surface area contributed by atoms with Gasteiger partial charge in [-0.1, -0.05) is 49.6 Å². The first kappa shape index (κ1) is 20.9. The first-order valence-corrected chi connectivity index (χ1v) is 9.03. The predicted molar refractivity (Wildman–Crippen MR) is 106 cm³/mol. The van der Waals surface area contributed by atoms with E-state index in [1.807, 2.05) is 33.1 Å². The van der Waals surface area contributed by atoms with E-state index in [0.29, 0.717) is 6.54 Å². The van der Waals surface area contributed by atoms with Crippen LogP contribution in [0.3, 0.4) is 0 Å². The van der Waals surface area contributed by atoms with E-state index in [2.05, 4.69) is 48.4 Å². The first-order valence-electron chi connectivity index (χ1n) is 9.03. The van der Waals surface area contributed by atoms with Crippen molar-refractivity contribution in [2.75, 3.05) is 6.54 Å². The minimum absolute atomic E-state index is 0.204. The Bertz CT molecular complexity index is 569. The number of unbranched alkanes of at least 4 members (excludes halogenated alkanes) is 1. The Balaban J connectivity index is 2.53. The third kappa shape index (κ3) is 10.4. The number of nitrogens with one attached hydrogen (secondary N) is 1. The molecule has 0 aliphatic carbocycles. The van der Waals surface area contributed by atoms with Gasteiger partial charge >= 0.3 is 6.09 Å². The third-order valence-electron chi connectivity index (χ3n) is 3.56. The molecule has 0 saturated heterocycles. The van der Waals surface area contributed by atoms with Gasteiger partial charge in [0.25, 0.3) is 0 Å². The van der Waals surface area contributed by atoms with Crippen LogP contribution in [0, 0.1) is 12.8 Å². The molecule has 4 nitrogen and oxygen atoms in total. The molecule has 1 aromatic rings. The van der Waals surface area contributed by atoms with Crippen LogP contribution >= 0.6 is 0 Å². The topological polar surface area (TPSA) is 50.7 Å². The average molecular weight is 344 g/mol. The Morgan fingerprint density at radius 2 is 1.96 bits per heavy atom. The molecule has 1 atom stereocenters. The molecular weight excluding hydrogens is 312 g/mol. The predicted octanol–water partition coefficient (Wildman–Crippen LogP) is 5.37. The Morgan fingerprint density at radius 1 is 1.28 bits per heavy atom. The smallest absolute Gasteiger partial charge is 0.407 e. The maximum atomic E-state index is 11.8. The zero-order chi connectivity index (χ0) is 18.7. The second kappa shape index (κ2) is 10.7. The van der Waals surface area contributed by atoms with Crippen LogP contribution in [0.1, 0.15) is 58.1 Å². The fraction of sp³-hybridized carbons (Fsp3) is 0.524. The average Bonchev–Trinajstić information content (AvgIpc) is 2.53. The minimum atomic E-state index is -0.478. The van der Waals surface area contributed by atoms with Gasteiger partial charge in [0.15, 0.2) is 0 Å². The van der Waals surface area contributed by atoms with Crippen molar-refractivity contribution in [2.24, 2.45) is 10.9 Å². The fourth-order valence-corrected chi connectivity index (χ4v) is 2.20. The van der Waals surface area contributed by atoms with Crippen molar-refractivity contribution < 1.29 is 9.53 Å². The van der Waals surface area contributed by atoms with E-state index in [9.17, 15) is 4.79 Å². The number of carbonyl (C=O) groups is 1. The number of nitrogens with zero attached hydrogens (tertiary/aromatic N) is 1. The maximum Gasteiger partial charge on any atom is 0.407 e. The highest BCUT2D eigenvalue weighted by atomic mass is 16.6. The summed E-state index contributed by atoms with van der Waals surface area (Å²) >= 11 is 0. The molecule has 4 heteroatoms. The van der Waals surface area contributed by atoms with Crippen LogP contribution in [0.25, 0.3) is 6.08 Å². The molecule has 1 rings (SSSR count). The molecule has 1 amide bonds. The van der Waals surface area contributed by atoms with E-state index in [1.54, 1.807) is 6.20 Å². The highest BCUT2D eigenvalue weighted by Crippen LogP contribution is 2.09. The van der Waals surface area contributed by atoms with Crippen LogP contribution < -0.4 is 5.32 Å². The lowest BCUT2D eigenvalue weighted by Crippen LogP contribution is -2.35. The van der Waals surface area contributed by atoms with E-state index >= 15 is 0 Å². The standard InChI is InChI=1S/C21H32N2O2/c1-6-7-8-19(16-23-20(24)25-21(3,4)5)15-22-14-13-18-11-9-17(2)10-12-18/h9-15,19H,6-8,16H2,1-5H3,(H,23,24)/b14-13+,22-15?. The number of aliphatic imine (C=N–C) groups is 1. The van der Waals surface area contributed by atoms with Crippen molar-refractivity contribution in [2.45, 2.75) is 59.5 Å². The number of hydrogen-bond acceptors (Lipinski definition) is 3. The van der Waals surface area contributed by atoms with E-state index in [4.69, 9.17) is 4.74 Å². The number of ether oxygens (including phenoxy) is 1. The van der Waals surface area contributed by atoms with Gasteiger partial charge in [-0.05, 0) is 45.8 Å². The Morgan fingerprint density at radius 3 is 2.56 bits per heavy atom. The Kier molecular flexibility index (Phi) is 8.96. The second-order valence-electron chi connectivity index (χ2n) is 7.31. The largest absolute Gasteiger partial charge is 0.444 e. The summed E-state index contributed by atoms with van der Waals surface area (Å²) in [6.45, 7) is 10.3. The fourth-order valence-electron chi connectivity index (χ4n) is 2.20. The number of hydrogen-bond donors (Lipinski definition) is 1. The van der Waals surface area contributed by atoms with E-state index in [0.717, 1.165) is 24.8 Å².